The summed E-state index contributed by atoms with van der Waals surface area (Å²) >= 11 is 3.44. The van der Waals surface area contributed by atoms with E-state index in [4.69, 9.17) is 0 Å². The minimum absolute atomic E-state index is 0.138. The van der Waals surface area contributed by atoms with E-state index in [1.54, 1.807) is 62.6 Å². The fourth-order valence-electron chi connectivity index (χ4n) is 3.68. The molecule has 0 bridgehead atoms. The molecule has 0 radical (unpaired) electrons. The molecule has 0 spiro atoms. The maximum Gasteiger partial charge on any atom is 0.267 e. The lowest BCUT2D eigenvalue weighted by Crippen LogP contribution is -2.47. The van der Waals surface area contributed by atoms with Crippen molar-refractivity contribution < 1.29 is 13.6 Å². The molecule has 7 heteroatoms. The van der Waals surface area contributed by atoms with Gasteiger partial charge >= 0.3 is 0 Å². The van der Waals surface area contributed by atoms with Crippen LogP contribution in [-0.4, -0.2) is 68.6 Å². The van der Waals surface area contributed by atoms with Crippen LogP contribution in [0.25, 0.3) is 0 Å². The molecule has 1 fully saturated rings. The van der Waals surface area contributed by atoms with Crippen molar-refractivity contribution in [3.05, 3.63) is 69.8 Å². The lowest BCUT2D eigenvalue weighted by atomic mass is 9.85. The number of rotatable bonds is 7. The van der Waals surface area contributed by atoms with Crippen molar-refractivity contribution in [2.45, 2.75) is 25.2 Å². The van der Waals surface area contributed by atoms with Gasteiger partial charge in [0.05, 0.1) is 12.5 Å². The van der Waals surface area contributed by atoms with Crippen LogP contribution in [0.1, 0.15) is 35.2 Å². The van der Waals surface area contributed by atoms with Gasteiger partial charge in [0.2, 0.25) is 0 Å². The van der Waals surface area contributed by atoms with Gasteiger partial charge < -0.3 is 4.90 Å². The molecule has 4 nitrogen and oxygen atoms in total. The Hall–Kier alpha value is -2.12. The highest BCUT2D eigenvalue weighted by molar-refractivity contribution is 9.12. The minimum Gasteiger partial charge on any atom is -0.345 e. The summed E-state index contributed by atoms with van der Waals surface area (Å²) in [5.41, 5.74) is 2.81. The molecule has 2 rings (SSSR count). The van der Waals surface area contributed by atoms with E-state index in [1.165, 1.54) is 4.90 Å². The van der Waals surface area contributed by atoms with Gasteiger partial charge in [-0.05, 0) is 49.2 Å². The Balaban J connectivity index is 2.04. The van der Waals surface area contributed by atoms with E-state index in [2.05, 4.69) is 27.5 Å². The Labute approximate surface area is 192 Å². The summed E-state index contributed by atoms with van der Waals surface area (Å²) in [6.07, 6.45) is 5.71. The summed E-state index contributed by atoms with van der Waals surface area (Å²) in [5, 5.41) is 0. The van der Waals surface area contributed by atoms with Gasteiger partial charge in [-0.1, -0.05) is 46.3 Å². The van der Waals surface area contributed by atoms with Gasteiger partial charge in [-0.3, -0.25) is 14.7 Å². The van der Waals surface area contributed by atoms with Crippen LogP contribution in [0.5, 0.6) is 0 Å². The zero-order chi connectivity index (χ0) is 23.2. The maximum absolute atomic E-state index is 15.0. The molecule has 1 aliphatic heterocycles. The van der Waals surface area contributed by atoms with E-state index in [-0.39, 0.29) is 12.5 Å². The van der Waals surface area contributed by atoms with Crippen LogP contribution in [0, 0.1) is 0 Å². The molecule has 1 saturated heterocycles. The monoisotopic (exact) mass is 493 g/mol. The van der Waals surface area contributed by atoms with Crippen LogP contribution >= 0.6 is 15.9 Å². The first-order valence-electron chi connectivity index (χ1n) is 10.1. The Kier molecular flexibility index (Phi) is 8.89. The zero-order valence-electron chi connectivity index (χ0n) is 18.5. The van der Waals surface area contributed by atoms with Crippen molar-refractivity contribution in [3.8, 4) is 0 Å². The molecule has 1 aromatic carbocycles. The largest absolute Gasteiger partial charge is 0.345 e. The molecule has 1 atom stereocenters. The third-order valence-corrected chi connectivity index (χ3v) is 5.99. The van der Waals surface area contributed by atoms with E-state index < -0.39 is 11.8 Å². The molecule has 1 unspecified atom stereocenters. The summed E-state index contributed by atoms with van der Waals surface area (Å²) in [7, 11) is 5.02. The number of halogens is 3. The van der Waals surface area contributed by atoms with Gasteiger partial charge in [0.25, 0.3) is 11.8 Å². The standard InChI is InChI=1S/C24H30BrF2N3O/c1-17(14-18(2)22(25)10-12-28-3)15-30-13-11-21(24(26,27)16-30)19-6-8-20(9-7-19)23(31)29(4)5/h6-10,12,14,21H,2,11,13,15-16H2,1,3-5H3/b17-14+,22-10+,28-12?. The number of nitrogens with zero attached hydrogens (tertiary/aromatic N) is 3. The number of allylic oxidation sites excluding steroid dienone is 4. The van der Waals surface area contributed by atoms with Crippen LogP contribution < -0.4 is 0 Å². The van der Waals surface area contributed by atoms with Gasteiger partial charge in [-0.25, -0.2) is 8.78 Å². The van der Waals surface area contributed by atoms with Crippen molar-refractivity contribution in [2.24, 2.45) is 4.99 Å². The number of alkyl halides is 2. The smallest absolute Gasteiger partial charge is 0.267 e. The van der Waals surface area contributed by atoms with E-state index in [9.17, 15) is 13.6 Å². The summed E-state index contributed by atoms with van der Waals surface area (Å²) in [4.78, 5) is 19.2. The molecule has 1 heterocycles. The van der Waals surface area contributed by atoms with E-state index in [0.717, 1.165) is 15.6 Å². The number of piperidine rings is 1. The summed E-state index contributed by atoms with van der Waals surface area (Å²) in [5.74, 6) is -3.84. The highest BCUT2D eigenvalue weighted by Crippen LogP contribution is 2.40. The first-order valence-corrected chi connectivity index (χ1v) is 10.9. The molecule has 0 N–H and O–H groups in total. The molecule has 0 aromatic heterocycles. The number of likely N-dealkylation sites (tertiary alicyclic amines) is 1. The summed E-state index contributed by atoms with van der Waals surface area (Å²) in [6.45, 7) is 6.66. The normalized spacial score (nSPS) is 20.2. The van der Waals surface area contributed by atoms with Crippen LogP contribution in [0.15, 0.2) is 63.6 Å². The number of benzene rings is 1. The van der Waals surface area contributed by atoms with Crippen LogP contribution in [0.4, 0.5) is 8.78 Å². The number of hydrogen-bond acceptors (Lipinski definition) is 3. The van der Waals surface area contributed by atoms with E-state index in [1.807, 2.05) is 13.0 Å². The zero-order valence-corrected chi connectivity index (χ0v) is 20.1. The van der Waals surface area contributed by atoms with Gasteiger partial charge in [-0.15, -0.1) is 0 Å². The molecule has 31 heavy (non-hydrogen) atoms. The Morgan fingerprint density at radius 3 is 2.55 bits per heavy atom. The molecule has 1 amide bonds. The summed E-state index contributed by atoms with van der Waals surface area (Å²) in [6, 6.07) is 6.58. The predicted molar refractivity (Wildman–Crippen MR) is 128 cm³/mol. The van der Waals surface area contributed by atoms with Crippen LogP contribution in [0.3, 0.4) is 0 Å². The van der Waals surface area contributed by atoms with Crippen molar-refractivity contribution in [2.75, 3.05) is 40.8 Å². The maximum atomic E-state index is 15.0. The van der Waals surface area contributed by atoms with Gasteiger partial charge in [0.15, 0.2) is 0 Å². The first kappa shape index (κ1) is 25.1. The third-order valence-electron chi connectivity index (χ3n) is 5.21. The Bertz CT molecular complexity index is 889. The average molecular weight is 494 g/mol. The average Bonchev–Trinajstić information content (AvgIpc) is 2.70. The molecule has 168 valence electrons. The van der Waals surface area contributed by atoms with Gasteiger partial charge in [0.1, 0.15) is 0 Å². The number of hydrogen-bond donors (Lipinski definition) is 0. The van der Waals surface area contributed by atoms with Crippen molar-refractivity contribution in [1.29, 1.82) is 0 Å². The van der Waals surface area contributed by atoms with E-state index in [0.29, 0.717) is 30.6 Å². The fourth-order valence-corrected chi connectivity index (χ4v) is 3.92. The minimum atomic E-state index is -2.85. The molecule has 1 aromatic rings. The fraction of sp³-hybridized carbons (Fsp3) is 0.417. The van der Waals surface area contributed by atoms with Crippen LogP contribution in [-0.2, 0) is 0 Å². The molecule has 0 saturated carbocycles. The topological polar surface area (TPSA) is 35.9 Å². The number of carbonyl (C=O) groups is 1. The lowest BCUT2D eigenvalue weighted by molar-refractivity contribution is -0.0805. The highest BCUT2D eigenvalue weighted by atomic mass is 79.9. The molecular formula is C24H30BrF2N3O. The van der Waals surface area contributed by atoms with Crippen molar-refractivity contribution in [1.82, 2.24) is 9.80 Å². The molecule has 0 aliphatic carbocycles. The number of amides is 1. The second-order valence-electron chi connectivity index (χ2n) is 8.07. The number of aliphatic imine (C=N–C) groups is 1. The van der Waals surface area contributed by atoms with E-state index >= 15 is 0 Å². The molecular weight excluding hydrogens is 464 g/mol. The quantitative estimate of drug-likeness (QED) is 0.381. The first-order chi connectivity index (χ1) is 14.5. The lowest BCUT2D eigenvalue weighted by Gasteiger charge is -2.38. The Morgan fingerprint density at radius 2 is 2.00 bits per heavy atom. The summed E-state index contributed by atoms with van der Waals surface area (Å²) < 4.78 is 30.8. The SMILES string of the molecule is C=C(/C=C(\C)CN1CCC(c2ccc(C(=O)N(C)C)cc2)C(F)(F)C1)/C(Br)=C\C=NC. The highest BCUT2D eigenvalue weighted by Gasteiger charge is 2.45. The third kappa shape index (κ3) is 6.94. The Morgan fingerprint density at radius 1 is 1.35 bits per heavy atom. The molecule has 1 aliphatic rings. The van der Waals surface area contributed by atoms with Crippen LogP contribution in [0.2, 0.25) is 0 Å². The van der Waals surface area contributed by atoms with Gasteiger partial charge in [0, 0.05) is 43.9 Å². The van der Waals surface area contributed by atoms with Gasteiger partial charge in [-0.2, -0.15) is 0 Å². The van der Waals surface area contributed by atoms with Crippen molar-refractivity contribution >= 4 is 28.1 Å². The second kappa shape index (κ2) is 11.0. The second-order valence-corrected chi connectivity index (χ2v) is 8.93. The van der Waals surface area contributed by atoms with Crippen molar-refractivity contribution in [3.63, 3.8) is 0 Å². The predicted octanol–water partition coefficient (Wildman–Crippen LogP) is 5.29. The number of carbonyl (C=O) groups excluding carboxylic acids is 1.